The van der Waals surface area contributed by atoms with Gasteiger partial charge in [0.1, 0.15) is 5.60 Å². The first-order chi connectivity index (χ1) is 12.7. The van der Waals surface area contributed by atoms with Gasteiger partial charge in [0.15, 0.2) is 11.9 Å². The monoisotopic (exact) mass is 382 g/mol. The Morgan fingerprint density at radius 2 is 1.93 bits per heavy atom. The summed E-state index contributed by atoms with van der Waals surface area (Å²) in [5.41, 5.74) is -1.53. The van der Waals surface area contributed by atoms with E-state index in [1.807, 2.05) is 20.8 Å². The van der Waals surface area contributed by atoms with Crippen LogP contribution in [0.2, 0.25) is 0 Å². The number of carbonyl (C=O) groups excluding carboxylic acids is 1. The molecule has 5 heteroatoms. The van der Waals surface area contributed by atoms with Crippen molar-refractivity contribution >= 4 is 5.97 Å². The van der Waals surface area contributed by atoms with Crippen LogP contribution in [-0.4, -0.2) is 42.8 Å². The summed E-state index contributed by atoms with van der Waals surface area (Å²) in [6.07, 6.45) is 9.89. The predicted molar refractivity (Wildman–Crippen MR) is 105 cm³/mol. The van der Waals surface area contributed by atoms with Crippen LogP contribution >= 0.6 is 0 Å². The van der Waals surface area contributed by atoms with Gasteiger partial charge < -0.3 is 18.9 Å². The number of ether oxygens (including phenoxy) is 4. The molecule has 1 aliphatic heterocycles. The molecular weight excluding hydrogens is 344 g/mol. The number of hydrogen-bond acceptors (Lipinski definition) is 5. The van der Waals surface area contributed by atoms with E-state index in [0.29, 0.717) is 18.9 Å². The van der Waals surface area contributed by atoms with Crippen molar-refractivity contribution in [2.75, 3.05) is 13.2 Å². The molecule has 2 fully saturated rings. The molecule has 0 spiro atoms. The maximum atomic E-state index is 12.6. The fourth-order valence-electron chi connectivity index (χ4n) is 3.71. The average molecular weight is 383 g/mol. The maximum Gasteiger partial charge on any atom is 0.338 e. The van der Waals surface area contributed by atoms with Gasteiger partial charge in [-0.15, -0.1) is 6.58 Å². The number of carbonyl (C=O) groups is 1. The van der Waals surface area contributed by atoms with Crippen LogP contribution in [0.25, 0.3) is 0 Å². The van der Waals surface area contributed by atoms with Gasteiger partial charge in [0.25, 0.3) is 0 Å². The molecule has 0 amide bonds. The van der Waals surface area contributed by atoms with E-state index < -0.39 is 11.2 Å². The Hall–Kier alpha value is -0.910. The van der Waals surface area contributed by atoms with Crippen molar-refractivity contribution in [3.05, 3.63) is 12.7 Å². The van der Waals surface area contributed by atoms with Crippen LogP contribution < -0.4 is 0 Å². The lowest BCUT2D eigenvalue weighted by Crippen LogP contribution is -2.44. The average Bonchev–Trinajstić information content (AvgIpc) is 2.60. The molecule has 0 aromatic rings. The zero-order chi connectivity index (χ0) is 19.9. The van der Waals surface area contributed by atoms with E-state index in [2.05, 4.69) is 6.58 Å². The zero-order valence-electron chi connectivity index (χ0n) is 17.6. The molecule has 0 aromatic carbocycles. The minimum atomic E-state index is -0.991. The van der Waals surface area contributed by atoms with Crippen molar-refractivity contribution in [3.63, 3.8) is 0 Å². The fourth-order valence-corrected chi connectivity index (χ4v) is 3.71. The van der Waals surface area contributed by atoms with Gasteiger partial charge in [-0.2, -0.15) is 0 Å². The first kappa shape index (κ1) is 22.4. The van der Waals surface area contributed by atoms with Crippen molar-refractivity contribution in [3.8, 4) is 0 Å². The lowest BCUT2D eigenvalue weighted by molar-refractivity contribution is -0.200. The summed E-state index contributed by atoms with van der Waals surface area (Å²) in [6, 6.07) is 0. The van der Waals surface area contributed by atoms with Gasteiger partial charge in [-0.3, -0.25) is 0 Å². The molecule has 156 valence electrons. The highest BCUT2D eigenvalue weighted by Gasteiger charge is 2.38. The summed E-state index contributed by atoms with van der Waals surface area (Å²) in [7, 11) is 0. The highest BCUT2D eigenvalue weighted by molar-refractivity contribution is 5.79. The number of rotatable bonds is 8. The second kappa shape index (κ2) is 10.0. The van der Waals surface area contributed by atoms with E-state index in [-0.39, 0.29) is 18.4 Å². The highest BCUT2D eigenvalue weighted by Crippen LogP contribution is 2.31. The highest BCUT2D eigenvalue weighted by atomic mass is 16.7. The van der Waals surface area contributed by atoms with Crippen LogP contribution in [0.4, 0.5) is 0 Å². The summed E-state index contributed by atoms with van der Waals surface area (Å²) < 4.78 is 23.6. The van der Waals surface area contributed by atoms with Crippen LogP contribution in [-0.2, 0) is 23.7 Å². The maximum absolute atomic E-state index is 12.6. The van der Waals surface area contributed by atoms with E-state index in [1.54, 1.807) is 13.0 Å². The lowest BCUT2D eigenvalue weighted by atomic mass is 9.87. The smallest absolute Gasteiger partial charge is 0.338 e. The molecule has 3 unspecified atom stereocenters. The Labute approximate surface area is 164 Å². The molecule has 5 nitrogen and oxygen atoms in total. The van der Waals surface area contributed by atoms with E-state index in [0.717, 1.165) is 45.1 Å². The summed E-state index contributed by atoms with van der Waals surface area (Å²) in [5.74, 6) is 0.0630. The first-order valence-electron chi connectivity index (χ1n) is 10.5. The summed E-state index contributed by atoms with van der Waals surface area (Å²) in [6.45, 7) is 12.5. The topological polar surface area (TPSA) is 54.0 Å². The largest absolute Gasteiger partial charge is 0.458 e. The Bertz CT molecular complexity index is 478. The first-order valence-corrected chi connectivity index (χ1v) is 10.5. The second-order valence-corrected chi connectivity index (χ2v) is 9.12. The molecule has 1 saturated heterocycles. The minimum absolute atomic E-state index is 0.0452. The van der Waals surface area contributed by atoms with E-state index >= 15 is 0 Å². The lowest BCUT2D eigenvalue weighted by Gasteiger charge is -2.35. The predicted octanol–water partition coefficient (Wildman–Crippen LogP) is 4.78. The quantitative estimate of drug-likeness (QED) is 0.447. The second-order valence-electron chi connectivity index (χ2n) is 9.12. The van der Waals surface area contributed by atoms with Crippen LogP contribution in [0.1, 0.15) is 79.1 Å². The molecule has 4 atom stereocenters. The van der Waals surface area contributed by atoms with Crippen molar-refractivity contribution in [2.24, 2.45) is 5.92 Å². The van der Waals surface area contributed by atoms with Crippen molar-refractivity contribution < 1.29 is 23.7 Å². The van der Waals surface area contributed by atoms with Gasteiger partial charge >= 0.3 is 5.97 Å². The van der Waals surface area contributed by atoms with Gasteiger partial charge in [-0.1, -0.05) is 12.5 Å². The molecule has 1 saturated carbocycles. The van der Waals surface area contributed by atoms with E-state index in [9.17, 15) is 4.79 Å². The van der Waals surface area contributed by atoms with Crippen LogP contribution in [0.3, 0.4) is 0 Å². The Morgan fingerprint density at radius 1 is 1.15 bits per heavy atom. The van der Waals surface area contributed by atoms with Gasteiger partial charge in [-0.05, 0) is 72.1 Å². The van der Waals surface area contributed by atoms with Crippen LogP contribution in [0.15, 0.2) is 12.7 Å². The molecule has 0 N–H and O–H groups in total. The van der Waals surface area contributed by atoms with Gasteiger partial charge in [0.05, 0.1) is 12.7 Å². The molecule has 1 heterocycles. The fraction of sp³-hybridized carbons (Fsp3) is 0.864. The summed E-state index contributed by atoms with van der Waals surface area (Å²) in [4.78, 5) is 12.6. The molecule has 27 heavy (non-hydrogen) atoms. The number of esters is 1. The molecular formula is C22H38O5. The molecule has 0 radical (unpaired) electrons. The van der Waals surface area contributed by atoms with E-state index in [1.165, 1.54) is 6.42 Å². The molecule has 1 aliphatic carbocycles. The third-order valence-corrected chi connectivity index (χ3v) is 5.22. The summed E-state index contributed by atoms with van der Waals surface area (Å²) >= 11 is 0. The van der Waals surface area contributed by atoms with Crippen molar-refractivity contribution in [1.82, 2.24) is 0 Å². The molecule has 0 aromatic heterocycles. The molecule has 2 rings (SSSR count). The summed E-state index contributed by atoms with van der Waals surface area (Å²) in [5, 5.41) is 0. The van der Waals surface area contributed by atoms with Gasteiger partial charge in [-0.25, -0.2) is 4.79 Å². The Morgan fingerprint density at radius 3 is 2.56 bits per heavy atom. The van der Waals surface area contributed by atoms with Crippen LogP contribution in [0, 0.1) is 5.92 Å². The van der Waals surface area contributed by atoms with E-state index in [4.69, 9.17) is 18.9 Å². The van der Waals surface area contributed by atoms with Gasteiger partial charge in [0, 0.05) is 13.0 Å². The number of hydrogen-bond donors (Lipinski definition) is 0. The molecule has 2 aliphatic rings. The Balaban J connectivity index is 1.85. The van der Waals surface area contributed by atoms with Crippen LogP contribution in [0.5, 0.6) is 0 Å². The van der Waals surface area contributed by atoms with Crippen molar-refractivity contribution in [2.45, 2.75) is 103 Å². The third-order valence-electron chi connectivity index (χ3n) is 5.22. The molecule has 0 bridgehead atoms. The minimum Gasteiger partial charge on any atom is -0.458 e. The SMILES string of the molecule is C=CCC(C)(OCC1CCC[C@H](OC2CCCCO2)C1)C(=O)OC(C)(C)C. The standard InChI is InChI=1S/C22H38O5/c1-6-13-22(5,20(23)27-21(2,3)4)25-16-17-10-9-11-18(15-17)26-19-12-7-8-14-24-19/h6,17-19H,1,7-16H2,2-5H3/t17?,18-,19?,22?/m0/s1. The van der Waals surface area contributed by atoms with Crippen molar-refractivity contribution in [1.29, 1.82) is 0 Å². The zero-order valence-corrected chi connectivity index (χ0v) is 17.6. The Kier molecular flexibility index (Phi) is 8.32. The van der Waals surface area contributed by atoms with Gasteiger partial charge in [0.2, 0.25) is 0 Å². The normalized spacial score (nSPS) is 29.0. The third kappa shape index (κ3) is 7.55.